The van der Waals surface area contributed by atoms with Gasteiger partial charge in [0.2, 0.25) is 5.91 Å². The van der Waals surface area contributed by atoms with E-state index in [0.29, 0.717) is 6.61 Å². The van der Waals surface area contributed by atoms with Crippen molar-refractivity contribution in [2.24, 2.45) is 5.92 Å². The zero-order chi connectivity index (χ0) is 15.5. The summed E-state index contributed by atoms with van der Waals surface area (Å²) >= 11 is 3.54. The fourth-order valence-electron chi connectivity index (χ4n) is 2.15. The molecule has 1 aliphatic heterocycles. The maximum absolute atomic E-state index is 12.7. The van der Waals surface area contributed by atoms with Crippen LogP contribution in [0.15, 0.2) is 0 Å². The van der Waals surface area contributed by atoms with Gasteiger partial charge in [-0.1, -0.05) is 0 Å². The van der Waals surface area contributed by atoms with Crippen LogP contribution in [0.4, 0.5) is 13.2 Å². The summed E-state index contributed by atoms with van der Waals surface area (Å²) in [5.41, 5.74) is 0. The molecule has 1 aliphatic rings. The topological polar surface area (TPSA) is 66.8 Å². The number of carboxylic acids is 1. The lowest BCUT2D eigenvalue weighted by Gasteiger charge is -2.27. The third-order valence-electron chi connectivity index (χ3n) is 3.11. The predicted octanol–water partition coefficient (Wildman–Crippen LogP) is 1.19. The van der Waals surface area contributed by atoms with Gasteiger partial charge in [0.1, 0.15) is 12.0 Å². The molecule has 0 aliphatic carbocycles. The van der Waals surface area contributed by atoms with Gasteiger partial charge in [0.15, 0.2) is 0 Å². The summed E-state index contributed by atoms with van der Waals surface area (Å²) in [5.74, 6) is -5.61. The summed E-state index contributed by atoms with van der Waals surface area (Å²) in [6.07, 6.45) is -5.31. The van der Waals surface area contributed by atoms with Gasteiger partial charge in [0.05, 0.1) is 6.10 Å². The molecule has 1 saturated heterocycles. The van der Waals surface area contributed by atoms with E-state index < -0.39 is 41.9 Å². The van der Waals surface area contributed by atoms with E-state index in [0.717, 1.165) is 4.90 Å². The predicted molar refractivity (Wildman–Crippen MR) is 66.6 cm³/mol. The summed E-state index contributed by atoms with van der Waals surface area (Å²) < 4.78 is 43.4. The second kappa shape index (κ2) is 6.66. The van der Waals surface area contributed by atoms with Crippen molar-refractivity contribution in [1.29, 1.82) is 0 Å². The Balaban J connectivity index is 2.91. The van der Waals surface area contributed by atoms with Gasteiger partial charge in [-0.25, -0.2) is 4.79 Å². The van der Waals surface area contributed by atoms with Crippen LogP contribution >= 0.6 is 12.6 Å². The lowest BCUT2D eigenvalue weighted by molar-refractivity contribution is -0.186. The summed E-state index contributed by atoms with van der Waals surface area (Å²) in [5, 5.41) is 9.03. The third-order valence-corrected chi connectivity index (χ3v) is 3.47. The lowest BCUT2D eigenvalue weighted by Crippen LogP contribution is -2.48. The first-order chi connectivity index (χ1) is 9.22. The minimum Gasteiger partial charge on any atom is -0.480 e. The Morgan fingerprint density at radius 3 is 2.50 bits per heavy atom. The van der Waals surface area contributed by atoms with Crippen LogP contribution < -0.4 is 0 Å². The Morgan fingerprint density at radius 1 is 1.50 bits per heavy atom. The molecule has 1 amide bonds. The van der Waals surface area contributed by atoms with Crippen LogP contribution in [0.5, 0.6) is 0 Å². The monoisotopic (exact) mass is 315 g/mol. The van der Waals surface area contributed by atoms with Crippen LogP contribution in [0.3, 0.4) is 0 Å². The van der Waals surface area contributed by atoms with Crippen molar-refractivity contribution in [2.45, 2.75) is 31.7 Å². The van der Waals surface area contributed by atoms with Crippen LogP contribution in [0.1, 0.15) is 13.3 Å². The van der Waals surface area contributed by atoms with Gasteiger partial charge in [0.25, 0.3) is 0 Å². The average Bonchev–Trinajstić information content (AvgIpc) is 2.72. The van der Waals surface area contributed by atoms with E-state index >= 15 is 0 Å². The Bertz CT molecular complexity index is 377. The smallest absolute Gasteiger partial charge is 0.401 e. The molecule has 0 aromatic rings. The Labute approximate surface area is 119 Å². The molecule has 20 heavy (non-hydrogen) atoms. The van der Waals surface area contributed by atoms with E-state index in [1.165, 1.54) is 0 Å². The van der Waals surface area contributed by atoms with Crippen molar-refractivity contribution in [3.63, 3.8) is 0 Å². The number of alkyl halides is 3. The number of likely N-dealkylation sites (tertiary alicyclic amines) is 1. The van der Waals surface area contributed by atoms with E-state index in [1.807, 2.05) is 0 Å². The van der Waals surface area contributed by atoms with Gasteiger partial charge >= 0.3 is 12.1 Å². The lowest BCUT2D eigenvalue weighted by atomic mass is 10.1. The number of amides is 1. The van der Waals surface area contributed by atoms with Gasteiger partial charge in [-0.15, -0.1) is 0 Å². The number of hydrogen-bond donors (Lipinski definition) is 2. The largest absolute Gasteiger partial charge is 0.480 e. The number of carbonyl (C=O) groups is 2. The molecule has 0 aromatic carbocycles. The van der Waals surface area contributed by atoms with Gasteiger partial charge in [0, 0.05) is 25.3 Å². The fourth-order valence-corrected chi connectivity index (χ4v) is 2.52. The van der Waals surface area contributed by atoms with Crippen molar-refractivity contribution >= 4 is 24.5 Å². The first kappa shape index (κ1) is 17.1. The number of halogens is 3. The quantitative estimate of drug-likeness (QED) is 0.748. The van der Waals surface area contributed by atoms with Crippen LogP contribution in [0, 0.1) is 5.92 Å². The zero-order valence-corrected chi connectivity index (χ0v) is 11.7. The standard InChI is InChI=1S/C11H16F3NO4S/c1-2-19-6-3-8(10(17)18)15(4-6)9(16)7(5-20)11(12,13)14/h6-8,20H,2-5H2,1H3,(H,17,18)/t6?,7?,8-/m0/s1. The Morgan fingerprint density at radius 2 is 2.10 bits per heavy atom. The number of hydrogen-bond acceptors (Lipinski definition) is 4. The van der Waals surface area contributed by atoms with Crippen molar-refractivity contribution in [2.75, 3.05) is 18.9 Å². The molecule has 116 valence electrons. The number of ether oxygens (including phenoxy) is 1. The van der Waals surface area contributed by atoms with Crippen molar-refractivity contribution in [1.82, 2.24) is 4.90 Å². The molecule has 2 unspecified atom stereocenters. The van der Waals surface area contributed by atoms with E-state index in [-0.39, 0.29) is 13.0 Å². The van der Waals surface area contributed by atoms with Crippen LogP contribution in [-0.4, -0.2) is 59.1 Å². The highest BCUT2D eigenvalue weighted by Gasteiger charge is 2.50. The highest BCUT2D eigenvalue weighted by atomic mass is 32.1. The molecule has 0 saturated carbocycles. The van der Waals surface area contributed by atoms with Gasteiger partial charge in [-0.2, -0.15) is 25.8 Å². The molecular formula is C11H16F3NO4S. The number of rotatable bonds is 5. The summed E-state index contributed by atoms with van der Waals surface area (Å²) in [4.78, 5) is 23.7. The summed E-state index contributed by atoms with van der Waals surface area (Å²) in [7, 11) is 0. The molecule has 0 aromatic heterocycles. The van der Waals surface area contributed by atoms with Gasteiger partial charge < -0.3 is 14.7 Å². The SMILES string of the molecule is CCOC1C[C@@H](C(=O)O)N(C(=O)C(CS)C(F)(F)F)C1. The number of thiol groups is 1. The van der Waals surface area contributed by atoms with Gasteiger partial charge in [-0.3, -0.25) is 4.79 Å². The maximum atomic E-state index is 12.7. The summed E-state index contributed by atoms with van der Waals surface area (Å²) in [6, 6.07) is -1.29. The van der Waals surface area contributed by atoms with Crippen LogP contribution in [0.2, 0.25) is 0 Å². The highest BCUT2D eigenvalue weighted by Crippen LogP contribution is 2.32. The first-order valence-corrected chi connectivity index (χ1v) is 6.68. The zero-order valence-electron chi connectivity index (χ0n) is 10.8. The number of nitrogens with zero attached hydrogens (tertiary/aromatic N) is 1. The molecule has 0 spiro atoms. The molecule has 1 fully saturated rings. The fraction of sp³-hybridized carbons (Fsp3) is 0.818. The first-order valence-electron chi connectivity index (χ1n) is 6.04. The van der Waals surface area contributed by atoms with Crippen LogP contribution in [-0.2, 0) is 14.3 Å². The highest BCUT2D eigenvalue weighted by molar-refractivity contribution is 7.80. The van der Waals surface area contributed by atoms with E-state index in [2.05, 4.69) is 12.6 Å². The van der Waals surface area contributed by atoms with Crippen LogP contribution in [0.25, 0.3) is 0 Å². The van der Waals surface area contributed by atoms with Crippen molar-refractivity contribution in [3.8, 4) is 0 Å². The number of carbonyl (C=O) groups excluding carboxylic acids is 1. The van der Waals surface area contributed by atoms with Crippen molar-refractivity contribution in [3.05, 3.63) is 0 Å². The van der Waals surface area contributed by atoms with E-state index in [9.17, 15) is 22.8 Å². The Kier molecular flexibility index (Phi) is 5.69. The second-order valence-electron chi connectivity index (χ2n) is 4.43. The van der Waals surface area contributed by atoms with Gasteiger partial charge in [-0.05, 0) is 6.92 Å². The molecule has 0 radical (unpaired) electrons. The molecule has 0 bridgehead atoms. The molecule has 3 atom stereocenters. The normalized spacial score (nSPS) is 24.8. The average molecular weight is 315 g/mol. The minimum absolute atomic E-state index is 0.00788. The molecular weight excluding hydrogens is 299 g/mol. The number of aliphatic carboxylic acids is 1. The third kappa shape index (κ3) is 3.78. The maximum Gasteiger partial charge on any atom is 0.401 e. The molecule has 1 rings (SSSR count). The van der Waals surface area contributed by atoms with Crippen molar-refractivity contribution < 1.29 is 32.6 Å². The van der Waals surface area contributed by atoms with E-state index in [4.69, 9.17) is 9.84 Å². The second-order valence-corrected chi connectivity index (χ2v) is 4.80. The Hall–Kier alpha value is -0.960. The molecule has 1 heterocycles. The number of carboxylic acid groups (broad SMARTS) is 1. The molecule has 9 heteroatoms. The van der Waals surface area contributed by atoms with E-state index in [1.54, 1.807) is 6.92 Å². The minimum atomic E-state index is -4.74. The molecule has 5 nitrogen and oxygen atoms in total. The summed E-state index contributed by atoms with van der Waals surface area (Å²) in [6.45, 7) is 1.84. The molecule has 1 N–H and O–H groups in total.